The van der Waals surface area contributed by atoms with Crippen LogP contribution in [0.2, 0.25) is 0 Å². The number of aromatic nitrogens is 2. The summed E-state index contributed by atoms with van der Waals surface area (Å²) in [6.07, 6.45) is 2.00. The highest BCUT2D eigenvalue weighted by molar-refractivity contribution is 7.99. The van der Waals surface area contributed by atoms with E-state index in [-0.39, 0.29) is 22.7 Å². The van der Waals surface area contributed by atoms with Crippen LogP contribution in [0.25, 0.3) is 11.5 Å². The topological polar surface area (TPSA) is 98.2 Å². The van der Waals surface area contributed by atoms with Gasteiger partial charge in [0.1, 0.15) is 5.76 Å². The number of nitrogens with zero attached hydrogens (tertiary/aromatic N) is 2. The Bertz CT molecular complexity index is 920. The number of carbonyl (C=O) groups excluding carboxylic acids is 2. The number of thioether (sulfide) groups is 1. The molecule has 1 amide bonds. The van der Waals surface area contributed by atoms with Gasteiger partial charge in [-0.05, 0) is 31.9 Å². The van der Waals surface area contributed by atoms with Crippen molar-refractivity contribution in [2.24, 2.45) is 0 Å². The minimum absolute atomic E-state index is 0.0740. The van der Waals surface area contributed by atoms with Crippen LogP contribution in [-0.2, 0) is 16.0 Å². The van der Waals surface area contributed by atoms with Gasteiger partial charge in [-0.1, -0.05) is 42.1 Å². The van der Waals surface area contributed by atoms with E-state index < -0.39 is 6.04 Å². The predicted octanol–water partition coefficient (Wildman–Crippen LogP) is 3.05. The van der Waals surface area contributed by atoms with E-state index >= 15 is 0 Å². The first-order chi connectivity index (χ1) is 13.0. The molecular formula is C19H19N3O4S. The van der Waals surface area contributed by atoms with Crippen molar-refractivity contribution in [1.82, 2.24) is 15.5 Å². The molecule has 0 bridgehead atoms. The molecule has 0 aliphatic carbocycles. The second-order valence-electron chi connectivity index (χ2n) is 5.97. The summed E-state index contributed by atoms with van der Waals surface area (Å²) >= 11 is 1.12. The number of aryl methyl sites for hydroxylation is 1. The number of nitrogens with one attached hydrogen (secondary N) is 1. The molecule has 0 saturated carbocycles. The number of benzene rings is 1. The average Bonchev–Trinajstić information content (AvgIpc) is 3.28. The number of carbonyl (C=O) groups is 2. The maximum atomic E-state index is 12.2. The van der Waals surface area contributed by atoms with Gasteiger partial charge in [-0.15, -0.1) is 10.2 Å². The van der Waals surface area contributed by atoms with Crippen LogP contribution >= 0.6 is 11.8 Å². The molecule has 0 unspecified atom stereocenters. The third-order valence-corrected chi connectivity index (χ3v) is 4.75. The Balaban J connectivity index is 1.55. The van der Waals surface area contributed by atoms with Gasteiger partial charge in [-0.3, -0.25) is 9.59 Å². The van der Waals surface area contributed by atoms with Crippen molar-refractivity contribution in [2.45, 2.75) is 31.5 Å². The Labute approximate surface area is 160 Å². The van der Waals surface area contributed by atoms with Crippen molar-refractivity contribution < 1.29 is 18.4 Å². The zero-order chi connectivity index (χ0) is 19.2. The number of rotatable bonds is 8. The Kier molecular flexibility index (Phi) is 6.08. The molecule has 1 N–H and O–H groups in total. The zero-order valence-corrected chi connectivity index (χ0v) is 15.8. The van der Waals surface area contributed by atoms with Gasteiger partial charge in [-0.25, -0.2) is 0 Å². The summed E-state index contributed by atoms with van der Waals surface area (Å²) < 4.78 is 10.8. The van der Waals surface area contributed by atoms with Crippen LogP contribution in [-0.4, -0.2) is 33.7 Å². The Hall–Kier alpha value is -2.87. The van der Waals surface area contributed by atoms with Crippen molar-refractivity contribution in [3.8, 4) is 11.5 Å². The maximum Gasteiger partial charge on any atom is 0.277 e. The number of amides is 1. The van der Waals surface area contributed by atoms with E-state index in [1.54, 1.807) is 19.3 Å². The highest BCUT2D eigenvalue weighted by atomic mass is 32.2. The highest BCUT2D eigenvalue weighted by Gasteiger charge is 2.19. The number of ketones is 1. The number of hydrogen-bond acceptors (Lipinski definition) is 7. The summed E-state index contributed by atoms with van der Waals surface area (Å²) in [5, 5.41) is 10.9. The molecule has 2 aromatic heterocycles. The molecule has 0 aliphatic rings. The fourth-order valence-corrected chi connectivity index (χ4v) is 3.07. The third kappa shape index (κ3) is 5.07. The van der Waals surface area contributed by atoms with Crippen LogP contribution in [0.5, 0.6) is 0 Å². The monoisotopic (exact) mass is 385 g/mol. The van der Waals surface area contributed by atoms with E-state index in [1.165, 1.54) is 6.92 Å². The molecule has 140 valence electrons. The number of furan rings is 1. The lowest BCUT2D eigenvalue weighted by molar-refractivity contribution is -0.125. The molecule has 0 radical (unpaired) electrons. The second kappa shape index (κ2) is 8.68. The second-order valence-corrected chi connectivity index (χ2v) is 6.90. The molecular weight excluding hydrogens is 366 g/mol. The fourth-order valence-electron chi connectivity index (χ4n) is 2.49. The smallest absolute Gasteiger partial charge is 0.277 e. The number of Topliss-reactive ketones (excluding diaryl/α,β-unsaturated/α-hetero) is 1. The molecule has 3 aromatic rings. The molecule has 0 fully saturated rings. The van der Waals surface area contributed by atoms with Crippen LogP contribution in [0, 0.1) is 6.92 Å². The Morgan fingerprint density at radius 3 is 2.63 bits per heavy atom. The average molecular weight is 385 g/mol. The zero-order valence-electron chi connectivity index (χ0n) is 15.0. The van der Waals surface area contributed by atoms with E-state index in [0.717, 1.165) is 22.9 Å². The SMILES string of the molecule is CC(=O)[C@@H](Cc1ccccc1)NC(=O)CSc1nnc(-c2ccoc2C)o1. The van der Waals surface area contributed by atoms with Gasteiger partial charge in [0, 0.05) is 0 Å². The van der Waals surface area contributed by atoms with Gasteiger partial charge in [0.05, 0.1) is 23.6 Å². The van der Waals surface area contributed by atoms with Crippen LogP contribution in [0.4, 0.5) is 0 Å². The minimum Gasteiger partial charge on any atom is -0.469 e. The summed E-state index contributed by atoms with van der Waals surface area (Å²) in [5.74, 6) is 0.737. The molecule has 1 atom stereocenters. The van der Waals surface area contributed by atoms with Gasteiger partial charge >= 0.3 is 0 Å². The molecule has 1 aromatic carbocycles. The molecule has 3 rings (SSSR count). The lowest BCUT2D eigenvalue weighted by Crippen LogP contribution is -2.42. The molecule has 2 heterocycles. The maximum absolute atomic E-state index is 12.2. The molecule has 7 nitrogen and oxygen atoms in total. The van der Waals surface area contributed by atoms with Gasteiger partial charge in [-0.2, -0.15) is 0 Å². The first kappa shape index (κ1) is 18.9. The highest BCUT2D eigenvalue weighted by Crippen LogP contribution is 2.26. The van der Waals surface area contributed by atoms with Crippen molar-refractivity contribution in [3.05, 3.63) is 54.0 Å². The quantitative estimate of drug-likeness (QED) is 0.595. The Morgan fingerprint density at radius 2 is 1.96 bits per heavy atom. The van der Waals surface area contributed by atoms with E-state index in [0.29, 0.717) is 18.1 Å². The first-order valence-electron chi connectivity index (χ1n) is 8.37. The fraction of sp³-hybridized carbons (Fsp3) is 0.263. The van der Waals surface area contributed by atoms with E-state index in [1.807, 2.05) is 30.3 Å². The van der Waals surface area contributed by atoms with Gasteiger partial charge in [0.2, 0.25) is 5.91 Å². The van der Waals surface area contributed by atoms with Gasteiger partial charge in [0.25, 0.3) is 11.1 Å². The summed E-state index contributed by atoms with van der Waals surface area (Å²) in [6.45, 7) is 3.27. The van der Waals surface area contributed by atoms with Crippen LogP contribution < -0.4 is 5.32 Å². The van der Waals surface area contributed by atoms with E-state index in [4.69, 9.17) is 8.83 Å². The first-order valence-corrected chi connectivity index (χ1v) is 9.36. The van der Waals surface area contributed by atoms with Crippen molar-refractivity contribution in [1.29, 1.82) is 0 Å². The van der Waals surface area contributed by atoms with Crippen LogP contribution in [0.1, 0.15) is 18.2 Å². The predicted molar refractivity (Wildman–Crippen MR) is 100 cm³/mol. The molecule has 0 aliphatic heterocycles. The molecule has 0 spiro atoms. The minimum atomic E-state index is -0.563. The summed E-state index contributed by atoms with van der Waals surface area (Å²) in [4.78, 5) is 24.1. The summed E-state index contributed by atoms with van der Waals surface area (Å²) in [6, 6.07) is 10.7. The summed E-state index contributed by atoms with van der Waals surface area (Å²) in [5.41, 5.74) is 1.71. The normalized spacial score (nSPS) is 11.9. The number of hydrogen-bond donors (Lipinski definition) is 1. The van der Waals surface area contributed by atoms with Crippen molar-refractivity contribution in [3.63, 3.8) is 0 Å². The third-order valence-electron chi connectivity index (χ3n) is 3.93. The van der Waals surface area contributed by atoms with Gasteiger partial charge < -0.3 is 14.2 Å². The lowest BCUT2D eigenvalue weighted by atomic mass is 10.0. The molecule has 0 saturated heterocycles. The van der Waals surface area contributed by atoms with E-state index in [9.17, 15) is 9.59 Å². The van der Waals surface area contributed by atoms with Crippen LogP contribution in [0.15, 0.2) is 56.7 Å². The van der Waals surface area contributed by atoms with Crippen LogP contribution in [0.3, 0.4) is 0 Å². The van der Waals surface area contributed by atoms with Gasteiger partial charge in [0.15, 0.2) is 5.78 Å². The summed E-state index contributed by atoms with van der Waals surface area (Å²) in [7, 11) is 0. The largest absolute Gasteiger partial charge is 0.469 e. The lowest BCUT2D eigenvalue weighted by Gasteiger charge is -2.15. The molecule has 8 heteroatoms. The van der Waals surface area contributed by atoms with Crippen molar-refractivity contribution in [2.75, 3.05) is 5.75 Å². The van der Waals surface area contributed by atoms with Crippen molar-refractivity contribution >= 4 is 23.5 Å². The van der Waals surface area contributed by atoms with E-state index in [2.05, 4.69) is 15.5 Å². The standard InChI is InChI=1S/C19H19N3O4S/c1-12(23)16(10-14-6-4-3-5-7-14)20-17(24)11-27-19-22-21-18(26-19)15-8-9-25-13(15)2/h3-9,16H,10-11H2,1-2H3,(H,20,24)/t16-/m1/s1. The molecule has 27 heavy (non-hydrogen) atoms. The Morgan fingerprint density at radius 1 is 1.19 bits per heavy atom.